The molecule has 2 amide bonds. The zero-order valence-electron chi connectivity index (χ0n) is 17.7. The number of hydrogen-bond donors (Lipinski definition) is 1. The van der Waals surface area contributed by atoms with Crippen LogP contribution in [-0.4, -0.2) is 57.3 Å². The first-order valence-electron chi connectivity index (χ1n) is 10.7. The fourth-order valence-electron chi connectivity index (χ4n) is 3.97. The van der Waals surface area contributed by atoms with Gasteiger partial charge in [0.1, 0.15) is 18.2 Å². The van der Waals surface area contributed by atoms with Gasteiger partial charge in [0.2, 0.25) is 6.10 Å². The van der Waals surface area contributed by atoms with Crippen LogP contribution >= 0.6 is 0 Å². The van der Waals surface area contributed by atoms with Crippen molar-refractivity contribution in [3.8, 4) is 11.5 Å². The molecule has 170 valence electrons. The number of carbonyl (C=O) groups excluding carboxylic acids is 2. The summed E-state index contributed by atoms with van der Waals surface area (Å²) in [5.41, 5.74) is 0.235. The molecule has 1 N–H and O–H groups in total. The van der Waals surface area contributed by atoms with E-state index in [1.165, 1.54) is 18.2 Å². The molecule has 10 heteroatoms. The molecule has 0 spiro atoms. The molecule has 1 aromatic heterocycles. The second kappa shape index (κ2) is 8.89. The monoisotopic (exact) mass is 451 g/mol. The van der Waals surface area contributed by atoms with Gasteiger partial charge in [-0.25, -0.2) is 4.39 Å². The molecule has 2 aliphatic rings. The molecular formula is C23H22FN5O4. The van der Waals surface area contributed by atoms with E-state index in [1.807, 2.05) is 22.8 Å². The SMILES string of the molecule is O=C(NCc1nnc2n1CCN(C(=O)C1COc3ccccc3O1)CC2)c1cccc(F)c1. The van der Waals surface area contributed by atoms with Crippen LogP contribution in [0.4, 0.5) is 4.39 Å². The van der Waals surface area contributed by atoms with E-state index in [1.54, 1.807) is 17.0 Å². The number of benzene rings is 2. The number of amides is 2. The Morgan fingerprint density at radius 1 is 1.06 bits per heavy atom. The number of nitrogens with zero attached hydrogens (tertiary/aromatic N) is 4. The largest absolute Gasteiger partial charge is 0.485 e. The van der Waals surface area contributed by atoms with Crippen molar-refractivity contribution in [1.82, 2.24) is 25.0 Å². The van der Waals surface area contributed by atoms with E-state index in [2.05, 4.69) is 15.5 Å². The van der Waals surface area contributed by atoms with E-state index < -0.39 is 17.8 Å². The van der Waals surface area contributed by atoms with Gasteiger partial charge in [-0.05, 0) is 30.3 Å². The zero-order valence-corrected chi connectivity index (χ0v) is 17.7. The van der Waals surface area contributed by atoms with Gasteiger partial charge in [0, 0.05) is 31.6 Å². The molecule has 9 nitrogen and oxygen atoms in total. The molecule has 0 fully saturated rings. The Balaban J connectivity index is 1.21. The average Bonchev–Trinajstić information content (AvgIpc) is 3.10. The highest BCUT2D eigenvalue weighted by molar-refractivity contribution is 5.94. The Bertz CT molecular complexity index is 1200. The lowest BCUT2D eigenvalue weighted by atomic mass is 10.2. The Labute approximate surface area is 189 Å². The predicted octanol–water partition coefficient (Wildman–Crippen LogP) is 1.57. The molecule has 1 unspecified atom stereocenters. The van der Waals surface area contributed by atoms with Gasteiger partial charge in [0.05, 0.1) is 6.54 Å². The number of rotatable bonds is 4. The molecule has 1 atom stereocenters. The van der Waals surface area contributed by atoms with Crippen LogP contribution in [0.2, 0.25) is 0 Å². The van der Waals surface area contributed by atoms with E-state index in [4.69, 9.17) is 9.47 Å². The van der Waals surface area contributed by atoms with E-state index in [0.717, 1.165) is 5.82 Å². The van der Waals surface area contributed by atoms with Crippen molar-refractivity contribution in [1.29, 1.82) is 0 Å². The van der Waals surface area contributed by atoms with E-state index >= 15 is 0 Å². The van der Waals surface area contributed by atoms with Gasteiger partial charge in [0.15, 0.2) is 17.3 Å². The van der Waals surface area contributed by atoms with Crippen molar-refractivity contribution in [2.24, 2.45) is 0 Å². The maximum atomic E-state index is 13.4. The molecule has 2 aromatic carbocycles. The first kappa shape index (κ1) is 20.9. The summed E-state index contributed by atoms with van der Waals surface area (Å²) in [6, 6.07) is 12.8. The van der Waals surface area contributed by atoms with Gasteiger partial charge in [-0.1, -0.05) is 18.2 Å². The van der Waals surface area contributed by atoms with Crippen molar-refractivity contribution in [3.05, 3.63) is 71.6 Å². The van der Waals surface area contributed by atoms with Gasteiger partial charge in [0.25, 0.3) is 11.8 Å². The Morgan fingerprint density at radius 3 is 2.76 bits per heavy atom. The molecule has 33 heavy (non-hydrogen) atoms. The second-order valence-electron chi connectivity index (χ2n) is 7.82. The summed E-state index contributed by atoms with van der Waals surface area (Å²) in [6.07, 6.45) is -0.172. The summed E-state index contributed by atoms with van der Waals surface area (Å²) in [7, 11) is 0. The number of halogens is 1. The molecule has 0 saturated carbocycles. The highest BCUT2D eigenvalue weighted by atomic mass is 19.1. The summed E-state index contributed by atoms with van der Waals surface area (Å²) in [5.74, 6) is 1.51. The first-order valence-corrected chi connectivity index (χ1v) is 10.7. The maximum absolute atomic E-state index is 13.4. The lowest BCUT2D eigenvalue weighted by Crippen LogP contribution is -2.47. The number of ether oxygens (including phenoxy) is 2. The molecule has 2 aliphatic heterocycles. The van der Waals surface area contributed by atoms with Gasteiger partial charge < -0.3 is 24.3 Å². The lowest BCUT2D eigenvalue weighted by molar-refractivity contribution is -0.141. The van der Waals surface area contributed by atoms with Crippen molar-refractivity contribution in [2.75, 3.05) is 19.7 Å². The summed E-state index contributed by atoms with van der Waals surface area (Å²) < 4.78 is 26.8. The number of aromatic nitrogens is 3. The van der Waals surface area contributed by atoms with Crippen LogP contribution in [0.3, 0.4) is 0 Å². The molecule has 5 rings (SSSR count). The standard InChI is InChI=1S/C23H22FN5O4/c24-16-5-3-4-15(12-16)22(30)25-13-21-27-26-20-8-9-28(10-11-29(20)21)23(31)19-14-32-17-6-1-2-7-18(17)33-19/h1-7,12,19H,8-11,13-14H2,(H,25,30). The minimum atomic E-state index is -0.700. The van der Waals surface area contributed by atoms with Gasteiger partial charge in [-0.2, -0.15) is 0 Å². The van der Waals surface area contributed by atoms with E-state index in [0.29, 0.717) is 43.4 Å². The number of para-hydroxylation sites is 2. The van der Waals surface area contributed by atoms with Crippen LogP contribution in [-0.2, 0) is 24.3 Å². The molecular weight excluding hydrogens is 429 g/mol. The number of carbonyl (C=O) groups is 2. The Morgan fingerprint density at radius 2 is 1.91 bits per heavy atom. The molecule has 3 heterocycles. The van der Waals surface area contributed by atoms with Crippen molar-refractivity contribution < 1.29 is 23.5 Å². The van der Waals surface area contributed by atoms with Crippen LogP contribution in [0, 0.1) is 5.82 Å². The first-order chi connectivity index (χ1) is 16.1. The fourth-order valence-corrected chi connectivity index (χ4v) is 3.97. The summed E-state index contributed by atoms with van der Waals surface area (Å²) in [6.45, 7) is 1.73. The number of hydrogen-bond acceptors (Lipinski definition) is 6. The van der Waals surface area contributed by atoms with Crippen LogP contribution in [0.5, 0.6) is 11.5 Å². The third kappa shape index (κ3) is 4.36. The zero-order chi connectivity index (χ0) is 22.8. The lowest BCUT2D eigenvalue weighted by Gasteiger charge is -2.30. The number of nitrogens with one attached hydrogen (secondary N) is 1. The molecule has 0 saturated heterocycles. The number of fused-ring (bicyclic) bond motifs is 2. The Hall–Kier alpha value is -3.95. The topological polar surface area (TPSA) is 98.6 Å². The minimum Gasteiger partial charge on any atom is -0.485 e. The van der Waals surface area contributed by atoms with Crippen LogP contribution in [0.15, 0.2) is 48.5 Å². The predicted molar refractivity (Wildman–Crippen MR) is 114 cm³/mol. The van der Waals surface area contributed by atoms with Gasteiger partial charge >= 0.3 is 0 Å². The van der Waals surface area contributed by atoms with E-state index in [-0.39, 0.29) is 24.6 Å². The van der Waals surface area contributed by atoms with E-state index in [9.17, 15) is 14.0 Å². The van der Waals surface area contributed by atoms with Gasteiger partial charge in [-0.3, -0.25) is 9.59 Å². The minimum absolute atomic E-state index is 0.135. The third-order valence-corrected chi connectivity index (χ3v) is 5.69. The Kier molecular flexibility index (Phi) is 5.64. The third-order valence-electron chi connectivity index (χ3n) is 5.69. The average molecular weight is 451 g/mol. The van der Waals surface area contributed by atoms with Crippen molar-refractivity contribution in [3.63, 3.8) is 0 Å². The summed E-state index contributed by atoms with van der Waals surface area (Å²) >= 11 is 0. The smallest absolute Gasteiger partial charge is 0.267 e. The molecule has 3 aromatic rings. The maximum Gasteiger partial charge on any atom is 0.267 e. The summed E-state index contributed by atoms with van der Waals surface area (Å²) in [5, 5.41) is 11.2. The van der Waals surface area contributed by atoms with Crippen LogP contribution in [0.1, 0.15) is 22.0 Å². The van der Waals surface area contributed by atoms with Crippen molar-refractivity contribution >= 4 is 11.8 Å². The quantitative estimate of drug-likeness (QED) is 0.647. The normalized spacial score (nSPS) is 17.1. The highest BCUT2D eigenvalue weighted by Gasteiger charge is 2.32. The molecule has 0 radical (unpaired) electrons. The highest BCUT2D eigenvalue weighted by Crippen LogP contribution is 2.31. The van der Waals surface area contributed by atoms with Gasteiger partial charge in [-0.15, -0.1) is 10.2 Å². The van der Waals surface area contributed by atoms with Crippen molar-refractivity contribution in [2.45, 2.75) is 25.6 Å². The molecule has 0 aliphatic carbocycles. The molecule has 0 bridgehead atoms. The summed E-state index contributed by atoms with van der Waals surface area (Å²) in [4.78, 5) is 27.1. The van der Waals surface area contributed by atoms with Crippen LogP contribution in [0.25, 0.3) is 0 Å². The second-order valence-corrected chi connectivity index (χ2v) is 7.82. The fraction of sp³-hybridized carbons (Fsp3) is 0.304. The van der Waals surface area contributed by atoms with Crippen LogP contribution < -0.4 is 14.8 Å².